The summed E-state index contributed by atoms with van der Waals surface area (Å²) in [6, 6.07) is 38.6. The first-order valence-corrected chi connectivity index (χ1v) is 26.2. The van der Waals surface area contributed by atoms with Crippen LogP contribution in [0.1, 0.15) is 103 Å². The van der Waals surface area contributed by atoms with Crippen LogP contribution in [0.2, 0.25) is 20.1 Å². The number of carbonyl (C=O) groups excluding carboxylic acids is 6. The lowest BCUT2D eigenvalue weighted by atomic mass is 10.1. The summed E-state index contributed by atoms with van der Waals surface area (Å²) < 4.78 is 32.5. The normalized spacial score (nSPS) is 10.3. The van der Waals surface area contributed by atoms with E-state index in [1.165, 1.54) is 56.3 Å². The second-order valence-electron chi connectivity index (χ2n) is 15.9. The van der Waals surface area contributed by atoms with Crippen LogP contribution in [0.5, 0.6) is 40.2 Å². The van der Waals surface area contributed by atoms with Gasteiger partial charge in [-0.2, -0.15) is 0 Å². The van der Waals surface area contributed by atoms with Gasteiger partial charge in [-0.1, -0.05) is 98.7 Å². The lowest BCUT2D eigenvalue weighted by Crippen LogP contribution is -2.13. The van der Waals surface area contributed by atoms with Crippen molar-refractivity contribution in [3.8, 4) is 40.2 Å². The van der Waals surface area contributed by atoms with Gasteiger partial charge in [-0.05, 0) is 144 Å². The van der Waals surface area contributed by atoms with Gasteiger partial charge in [0.1, 0.15) is 51.2 Å². The van der Waals surface area contributed by atoms with E-state index >= 15 is 0 Å². The molecule has 404 valence electrons. The molecule has 0 amide bonds. The van der Waals surface area contributed by atoms with Crippen LogP contribution in [0.3, 0.4) is 0 Å². The van der Waals surface area contributed by atoms with E-state index in [0.29, 0.717) is 84.8 Å². The van der Waals surface area contributed by atoms with Gasteiger partial charge in [0.25, 0.3) is 0 Å². The first-order chi connectivity index (χ1) is 37.3. The second-order valence-corrected chi connectivity index (χ2v) is 18.2. The quantitative estimate of drug-likeness (QED) is 0.0400. The second kappa shape index (κ2) is 29.7. The average Bonchev–Trinajstić information content (AvgIpc) is 3.75. The summed E-state index contributed by atoms with van der Waals surface area (Å²) in [5, 5.41) is 21.6. The molecule has 0 spiro atoms. The first kappa shape index (κ1) is 61.2. The Morgan fingerprint density at radius 3 is 1.33 bits per heavy atom. The number of Topliss-reactive ketones (excluding diaryl/α,β-unsaturated/α-hetero) is 3. The number of aromatic hydroxyl groups is 2. The third-order valence-corrected chi connectivity index (χ3v) is 12.0. The number of halogens is 5. The molecule has 1 aromatic heterocycles. The zero-order valence-electron chi connectivity index (χ0n) is 42.4. The minimum Gasteiger partial charge on any atom is -0.507 e. The highest BCUT2D eigenvalue weighted by molar-refractivity contribution is 9.09. The molecule has 0 unspecified atom stereocenters. The fourth-order valence-corrected chi connectivity index (χ4v) is 7.94. The van der Waals surface area contributed by atoms with Crippen LogP contribution in [-0.4, -0.2) is 70.4 Å². The smallest absolute Gasteiger partial charge is 0.347 e. The molecule has 14 nitrogen and oxygen atoms in total. The topological polar surface area (TPSA) is 202 Å². The molecule has 0 aliphatic heterocycles. The van der Waals surface area contributed by atoms with Crippen molar-refractivity contribution in [3.05, 3.63) is 205 Å². The molecule has 19 heteroatoms. The van der Waals surface area contributed by atoms with Gasteiger partial charge >= 0.3 is 11.9 Å². The van der Waals surface area contributed by atoms with Crippen molar-refractivity contribution in [3.63, 3.8) is 0 Å². The van der Waals surface area contributed by atoms with Crippen molar-refractivity contribution < 1.29 is 67.1 Å². The highest BCUT2D eigenvalue weighted by Crippen LogP contribution is 2.37. The van der Waals surface area contributed by atoms with Crippen molar-refractivity contribution in [2.24, 2.45) is 0 Å². The lowest BCUT2D eigenvalue weighted by Gasteiger charge is -2.12. The van der Waals surface area contributed by atoms with Crippen molar-refractivity contribution in [2.75, 3.05) is 25.2 Å². The number of hydrogen-bond donors (Lipinski definition) is 2. The Morgan fingerprint density at radius 1 is 0.474 bits per heavy atom. The molecular formula is C59H49BrCl4O14. The summed E-state index contributed by atoms with van der Waals surface area (Å²) in [5.74, 6) is -0.975. The Bertz CT molecular complexity index is 3470. The SMILES string of the molecule is CC(=O)c1cc(Cl)ccc1O.CCOc1ccccc1C(=O)Oc1ccc(Cl)cc1C(=O)CBr.CCOc1ccccc1C(=O)Oc1ccc(Cl)cc1C(C)=O.CCOc1ccccc1C(=O)c1oc2ccc(Cl)cc2c1O. The third-order valence-electron chi connectivity index (χ3n) is 10.5. The minimum absolute atomic E-state index is 0.0260. The van der Waals surface area contributed by atoms with Gasteiger partial charge in [0.2, 0.25) is 11.5 Å². The van der Waals surface area contributed by atoms with Crippen LogP contribution in [-0.2, 0) is 0 Å². The van der Waals surface area contributed by atoms with Crippen LogP contribution in [0.4, 0.5) is 0 Å². The number of ether oxygens (including phenoxy) is 5. The molecule has 0 atom stereocenters. The fourth-order valence-electron chi connectivity index (χ4n) is 6.95. The summed E-state index contributed by atoms with van der Waals surface area (Å²) in [6.07, 6.45) is 0. The van der Waals surface area contributed by atoms with Gasteiger partial charge in [0.05, 0.1) is 52.8 Å². The Hall–Kier alpha value is -7.66. The summed E-state index contributed by atoms with van der Waals surface area (Å²) in [5.41, 5.74) is 2.10. The number of hydrogen-bond acceptors (Lipinski definition) is 14. The molecule has 0 fully saturated rings. The number of esters is 2. The van der Waals surface area contributed by atoms with Crippen molar-refractivity contribution in [1.29, 1.82) is 0 Å². The van der Waals surface area contributed by atoms with E-state index in [1.54, 1.807) is 103 Å². The predicted octanol–water partition coefficient (Wildman–Crippen LogP) is 15.4. The molecule has 1 heterocycles. The number of phenols is 1. The van der Waals surface area contributed by atoms with Gasteiger partial charge < -0.3 is 38.3 Å². The Morgan fingerprint density at radius 2 is 0.872 bits per heavy atom. The van der Waals surface area contributed by atoms with Crippen molar-refractivity contribution in [1.82, 2.24) is 0 Å². The van der Waals surface area contributed by atoms with E-state index in [-0.39, 0.29) is 68.1 Å². The summed E-state index contributed by atoms with van der Waals surface area (Å²) in [7, 11) is 0. The molecule has 7 aromatic carbocycles. The number of fused-ring (bicyclic) bond motifs is 1. The molecule has 0 saturated carbocycles. The monoisotopic (exact) mass is 1200 g/mol. The largest absolute Gasteiger partial charge is 0.507 e. The minimum atomic E-state index is -0.597. The molecule has 0 saturated heterocycles. The fraction of sp³-hybridized carbons (Fsp3) is 0.153. The molecule has 2 N–H and O–H groups in total. The Labute approximate surface area is 477 Å². The average molecular weight is 1200 g/mol. The van der Waals surface area contributed by atoms with Gasteiger partial charge in [-0.25, -0.2) is 9.59 Å². The number of rotatable bonds is 16. The number of phenolic OH excluding ortho intramolecular Hbond substituents is 1. The first-order valence-electron chi connectivity index (χ1n) is 23.6. The third kappa shape index (κ3) is 16.7. The van der Waals surface area contributed by atoms with E-state index in [1.807, 2.05) is 20.8 Å². The molecule has 0 aliphatic carbocycles. The molecule has 0 aliphatic rings. The standard InChI is InChI=1S/C17H14BrClO4.C17H13ClO4.C17H15ClO4.C8H7ClO2/c1-2-22-15-6-4-3-5-12(15)17(21)23-16-8-7-11(19)9-13(16)14(20)10-18;1-2-21-13-6-4-3-5-11(13)15(19)17-16(20)12-9-10(18)7-8-14(12)22-17;1-3-21-15-7-5-4-6-13(15)17(20)22-16-9-8-12(18)10-14(16)11(2)19;1-5(10)7-4-6(9)2-3-8(7)11/h3-9H,2,10H2,1H3;3-9,20H,2H2,1H3;4-10H,3H2,1-2H3;2-4,11H,1H3. The number of furan rings is 1. The number of benzene rings is 7. The highest BCUT2D eigenvalue weighted by Gasteiger charge is 2.25. The van der Waals surface area contributed by atoms with E-state index < -0.39 is 17.7 Å². The van der Waals surface area contributed by atoms with Crippen LogP contribution < -0.4 is 23.7 Å². The molecule has 78 heavy (non-hydrogen) atoms. The van der Waals surface area contributed by atoms with E-state index in [4.69, 9.17) is 79.6 Å². The number of carbonyl (C=O) groups is 6. The van der Waals surface area contributed by atoms with Crippen LogP contribution in [0.25, 0.3) is 11.0 Å². The van der Waals surface area contributed by atoms with Gasteiger partial charge in [-0.3, -0.25) is 19.2 Å². The summed E-state index contributed by atoms with van der Waals surface area (Å²) in [6.45, 7) is 9.56. The van der Waals surface area contributed by atoms with Crippen LogP contribution in [0.15, 0.2) is 150 Å². The molecule has 0 radical (unpaired) electrons. The highest BCUT2D eigenvalue weighted by atomic mass is 79.9. The summed E-state index contributed by atoms with van der Waals surface area (Å²) in [4.78, 5) is 71.8. The maximum Gasteiger partial charge on any atom is 0.347 e. The molecule has 8 aromatic rings. The molecule has 0 bridgehead atoms. The number of ketones is 4. The van der Waals surface area contributed by atoms with Gasteiger partial charge in [0, 0.05) is 20.1 Å². The van der Waals surface area contributed by atoms with Crippen LogP contribution in [0, 0.1) is 0 Å². The van der Waals surface area contributed by atoms with E-state index in [0.717, 1.165) is 0 Å². The van der Waals surface area contributed by atoms with Crippen molar-refractivity contribution in [2.45, 2.75) is 34.6 Å². The van der Waals surface area contributed by atoms with Crippen molar-refractivity contribution >= 4 is 108 Å². The lowest BCUT2D eigenvalue weighted by molar-refractivity contribution is 0.0717. The predicted molar refractivity (Wildman–Crippen MR) is 303 cm³/mol. The Balaban J connectivity index is 0.000000197. The number of alkyl halides is 1. The van der Waals surface area contributed by atoms with Gasteiger partial charge in [-0.15, -0.1) is 0 Å². The Kier molecular flexibility index (Phi) is 23.3. The zero-order valence-corrected chi connectivity index (χ0v) is 47.0. The summed E-state index contributed by atoms with van der Waals surface area (Å²) >= 11 is 26.4. The van der Waals surface area contributed by atoms with Crippen LogP contribution >= 0.6 is 62.3 Å². The van der Waals surface area contributed by atoms with Gasteiger partial charge in [0.15, 0.2) is 23.1 Å². The van der Waals surface area contributed by atoms with E-state index in [2.05, 4.69) is 15.9 Å². The zero-order chi connectivity index (χ0) is 57.1. The number of para-hydroxylation sites is 3. The maximum atomic E-state index is 12.7. The maximum absolute atomic E-state index is 12.7. The molecular weight excluding hydrogens is 1150 g/mol. The van der Waals surface area contributed by atoms with E-state index in [9.17, 15) is 33.9 Å². The molecule has 8 rings (SSSR count).